The standard InChI is InChI=1S/C15H21N3O2S/c1-9-8-10(2)17-14(12(9)13(16)19)21-11(3)15(20)18-6-4-5-7-18/h8,11H,4-7H2,1-3H3,(H2,16,19)/t11-/m1/s1. The molecule has 0 bridgehead atoms. The van der Waals surface area contributed by atoms with Crippen LogP contribution < -0.4 is 5.73 Å². The lowest BCUT2D eigenvalue weighted by molar-refractivity contribution is -0.129. The van der Waals surface area contributed by atoms with Crippen LogP contribution in [-0.2, 0) is 4.79 Å². The second-order valence-corrected chi connectivity index (χ2v) is 6.75. The number of pyridine rings is 1. The van der Waals surface area contributed by atoms with Gasteiger partial charge in [-0.05, 0) is 45.2 Å². The molecule has 0 unspecified atom stereocenters. The maximum Gasteiger partial charge on any atom is 0.251 e. The first-order chi connectivity index (χ1) is 9.90. The number of hydrogen-bond acceptors (Lipinski definition) is 4. The number of thioether (sulfide) groups is 1. The molecule has 0 aromatic carbocycles. The van der Waals surface area contributed by atoms with Crippen molar-refractivity contribution in [3.8, 4) is 0 Å². The summed E-state index contributed by atoms with van der Waals surface area (Å²) < 4.78 is 0. The van der Waals surface area contributed by atoms with E-state index in [2.05, 4.69) is 4.98 Å². The van der Waals surface area contributed by atoms with Crippen LogP contribution in [0.5, 0.6) is 0 Å². The molecule has 2 amide bonds. The normalized spacial score (nSPS) is 16.0. The minimum absolute atomic E-state index is 0.105. The van der Waals surface area contributed by atoms with Gasteiger partial charge in [-0.1, -0.05) is 11.8 Å². The molecular formula is C15H21N3O2S. The number of hydrogen-bond donors (Lipinski definition) is 1. The van der Waals surface area contributed by atoms with Gasteiger partial charge in [0, 0.05) is 18.8 Å². The average Bonchev–Trinajstić information content (AvgIpc) is 2.89. The summed E-state index contributed by atoms with van der Waals surface area (Å²) in [4.78, 5) is 30.3. The van der Waals surface area contributed by atoms with Gasteiger partial charge in [-0.15, -0.1) is 0 Å². The minimum Gasteiger partial charge on any atom is -0.366 e. The molecule has 1 aliphatic heterocycles. The molecule has 2 rings (SSSR count). The van der Waals surface area contributed by atoms with Crippen LogP contribution in [0.25, 0.3) is 0 Å². The lowest BCUT2D eigenvalue weighted by atomic mass is 10.1. The Balaban J connectivity index is 2.22. The Morgan fingerprint density at radius 3 is 2.52 bits per heavy atom. The van der Waals surface area contributed by atoms with Gasteiger partial charge in [0.05, 0.1) is 10.8 Å². The highest BCUT2D eigenvalue weighted by molar-refractivity contribution is 8.00. The van der Waals surface area contributed by atoms with Crippen LogP contribution in [-0.4, -0.2) is 40.0 Å². The molecule has 0 radical (unpaired) electrons. The van der Waals surface area contributed by atoms with E-state index in [1.165, 1.54) is 11.8 Å². The van der Waals surface area contributed by atoms with Crippen LogP contribution in [0.1, 0.15) is 41.4 Å². The number of nitrogens with two attached hydrogens (primary N) is 1. The van der Waals surface area contributed by atoms with E-state index in [0.29, 0.717) is 10.6 Å². The average molecular weight is 307 g/mol. The SMILES string of the molecule is Cc1cc(C)c(C(N)=O)c(S[C@H](C)C(=O)N2CCCC2)n1. The second-order valence-electron chi connectivity index (χ2n) is 5.42. The zero-order chi connectivity index (χ0) is 15.6. The predicted molar refractivity (Wildman–Crippen MR) is 83.4 cm³/mol. The van der Waals surface area contributed by atoms with Crippen molar-refractivity contribution in [3.05, 3.63) is 22.9 Å². The zero-order valence-corrected chi connectivity index (χ0v) is 13.5. The van der Waals surface area contributed by atoms with Gasteiger partial charge in [0.25, 0.3) is 5.91 Å². The summed E-state index contributed by atoms with van der Waals surface area (Å²) in [5, 5.41) is 0.287. The molecule has 0 aliphatic carbocycles. The summed E-state index contributed by atoms with van der Waals surface area (Å²) in [7, 11) is 0. The number of carbonyl (C=O) groups is 2. The smallest absolute Gasteiger partial charge is 0.251 e. The number of aryl methyl sites for hydroxylation is 2. The topological polar surface area (TPSA) is 76.3 Å². The molecule has 1 saturated heterocycles. The Kier molecular flexibility index (Phi) is 4.88. The van der Waals surface area contributed by atoms with Gasteiger partial charge in [-0.2, -0.15) is 0 Å². The van der Waals surface area contributed by atoms with Crippen molar-refractivity contribution >= 4 is 23.6 Å². The summed E-state index contributed by atoms with van der Waals surface area (Å²) in [6.07, 6.45) is 2.13. The monoisotopic (exact) mass is 307 g/mol. The highest BCUT2D eigenvalue weighted by Crippen LogP contribution is 2.29. The van der Waals surface area contributed by atoms with Gasteiger partial charge >= 0.3 is 0 Å². The molecule has 2 heterocycles. The number of aromatic nitrogens is 1. The van der Waals surface area contributed by atoms with E-state index in [4.69, 9.17) is 5.73 Å². The molecule has 1 atom stereocenters. The van der Waals surface area contributed by atoms with Crippen LogP contribution in [0, 0.1) is 13.8 Å². The van der Waals surface area contributed by atoms with Crippen molar-refractivity contribution in [2.75, 3.05) is 13.1 Å². The highest BCUT2D eigenvalue weighted by atomic mass is 32.2. The number of primary amides is 1. The molecule has 1 aromatic heterocycles. The van der Waals surface area contributed by atoms with Crippen LogP contribution >= 0.6 is 11.8 Å². The third kappa shape index (κ3) is 3.56. The van der Waals surface area contributed by atoms with Gasteiger partial charge in [-0.3, -0.25) is 9.59 Å². The van der Waals surface area contributed by atoms with Gasteiger partial charge < -0.3 is 10.6 Å². The molecule has 5 nitrogen and oxygen atoms in total. The van der Waals surface area contributed by atoms with Crippen LogP contribution in [0.4, 0.5) is 0 Å². The zero-order valence-electron chi connectivity index (χ0n) is 12.7. The fourth-order valence-electron chi connectivity index (χ4n) is 2.60. The van der Waals surface area contributed by atoms with Gasteiger partial charge in [0.2, 0.25) is 5.91 Å². The van der Waals surface area contributed by atoms with Gasteiger partial charge in [0.1, 0.15) is 5.03 Å². The van der Waals surface area contributed by atoms with Crippen molar-refractivity contribution < 1.29 is 9.59 Å². The van der Waals surface area contributed by atoms with E-state index >= 15 is 0 Å². The number of nitrogens with zero attached hydrogens (tertiary/aromatic N) is 2. The van der Waals surface area contributed by atoms with Gasteiger partial charge in [0.15, 0.2) is 0 Å². The first kappa shape index (κ1) is 15.8. The van der Waals surface area contributed by atoms with Crippen molar-refractivity contribution in [2.24, 2.45) is 5.73 Å². The molecule has 1 aliphatic rings. The third-order valence-corrected chi connectivity index (χ3v) is 4.69. The van der Waals surface area contributed by atoms with Crippen molar-refractivity contribution in [1.82, 2.24) is 9.88 Å². The summed E-state index contributed by atoms with van der Waals surface area (Å²) in [5.41, 5.74) is 7.50. The van der Waals surface area contributed by atoms with E-state index in [1.807, 2.05) is 31.7 Å². The molecule has 0 spiro atoms. The number of likely N-dealkylation sites (tertiary alicyclic amines) is 1. The molecule has 1 fully saturated rings. The summed E-state index contributed by atoms with van der Waals surface area (Å²) in [6, 6.07) is 1.83. The third-order valence-electron chi connectivity index (χ3n) is 3.61. The quantitative estimate of drug-likeness (QED) is 0.862. The van der Waals surface area contributed by atoms with E-state index in [9.17, 15) is 9.59 Å². The molecule has 6 heteroatoms. The van der Waals surface area contributed by atoms with E-state index < -0.39 is 5.91 Å². The highest BCUT2D eigenvalue weighted by Gasteiger charge is 2.26. The molecular weight excluding hydrogens is 286 g/mol. The Labute approximate surface area is 129 Å². The molecule has 1 aromatic rings. The fourth-order valence-corrected chi connectivity index (χ4v) is 3.76. The maximum atomic E-state index is 12.4. The molecule has 114 valence electrons. The Hall–Kier alpha value is -1.56. The van der Waals surface area contributed by atoms with Crippen molar-refractivity contribution in [2.45, 2.75) is 43.9 Å². The summed E-state index contributed by atoms with van der Waals surface area (Å²) >= 11 is 1.32. The van der Waals surface area contributed by atoms with E-state index in [-0.39, 0.29) is 11.2 Å². The van der Waals surface area contributed by atoms with E-state index in [0.717, 1.165) is 37.2 Å². The lowest BCUT2D eigenvalue weighted by Crippen LogP contribution is -2.34. The minimum atomic E-state index is -0.497. The number of rotatable bonds is 4. The predicted octanol–water partition coefficient (Wildman–Crippen LogP) is 1.90. The first-order valence-electron chi connectivity index (χ1n) is 7.13. The second kappa shape index (κ2) is 6.47. The first-order valence-corrected chi connectivity index (χ1v) is 8.01. The molecule has 2 N–H and O–H groups in total. The fraction of sp³-hybridized carbons (Fsp3) is 0.533. The van der Waals surface area contributed by atoms with Crippen molar-refractivity contribution in [1.29, 1.82) is 0 Å². The van der Waals surface area contributed by atoms with E-state index in [1.54, 1.807) is 0 Å². The Morgan fingerprint density at radius 2 is 1.95 bits per heavy atom. The Morgan fingerprint density at radius 1 is 1.33 bits per heavy atom. The van der Waals surface area contributed by atoms with Crippen molar-refractivity contribution in [3.63, 3.8) is 0 Å². The van der Waals surface area contributed by atoms with Crippen LogP contribution in [0.15, 0.2) is 11.1 Å². The van der Waals surface area contributed by atoms with Crippen LogP contribution in [0.2, 0.25) is 0 Å². The number of amides is 2. The largest absolute Gasteiger partial charge is 0.366 e. The van der Waals surface area contributed by atoms with Gasteiger partial charge in [-0.25, -0.2) is 4.98 Å². The Bertz CT molecular complexity index is 568. The molecule has 0 saturated carbocycles. The lowest BCUT2D eigenvalue weighted by Gasteiger charge is -2.20. The summed E-state index contributed by atoms with van der Waals surface area (Å²) in [5.74, 6) is -0.391. The molecule has 21 heavy (non-hydrogen) atoms. The number of carbonyl (C=O) groups excluding carboxylic acids is 2. The van der Waals surface area contributed by atoms with Crippen LogP contribution in [0.3, 0.4) is 0 Å². The summed E-state index contributed by atoms with van der Waals surface area (Å²) in [6.45, 7) is 7.22. The maximum absolute atomic E-state index is 12.4.